The number of carbonyl (C=O) groups excluding carboxylic acids is 1. The zero-order valence-corrected chi connectivity index (χ0v) is 16.0. The second-order valence-corrected chi connectivity index (χ2v) is 5.75. The molecule has 1 unspecified atom stereocenters. The molecule has 23 heavy (non-hydrogen) atoms. The summed E-state index contributed by atoms with van der Waals surface area (Å²) < 4.78 is 2.06. The molecule has 130 valence electrons. The number of nitrogens with zero attached hydrogens (tertiary/aromatic N) is 4. The summed E-state index contributed by atoms with van der Waals surface area (Å²) in [6, 6.07) is 0. The first-order chi connectivity index (χ1) is 10.7. The normalized spacial score (nSPS) is 18.4. The molecule has 1 aliphatic heterocycles. The maximum Gasteiger partial charge on any atom is 0.217 e. The van der Waals surface area contributed by atoms with Gasteiger partial charge in [-0.3, -0.25) is 9.79 Å². The van der Waals surface area contributed by atoms with Crippen LogP contribution in [-0.2, 0) is 11.3 Å². The van der Waals surface area contributed by atoms with E-state index in [1.807, 2.05) is 12.5 Å². The van der Waals surface area contributed by atoms with Crippen LogP contribution in [0.5, 0.6) is 0 Å². The van der Waals surface area contributed by atoms with Gasteiger partial charge in [0.05, 0.1) is 6.33 Å². The molecule has 1 aromatic heterocycles. The van der Waals surface area contributed by atoms with Crippen LogP contribution in [0.2, 0.25) is 0 Å². The van der Waals surface area contributed by atoms with Crippen molar-refractivity contribution >= 4 is 35.8 Å². The first-order valence-corrected chi connectivity index (χ1v) is 7.88. The van der Waals surface area contributed by atoms with Crippen molar-refractivity contribution in [2.75, 3.05) is 26.7 Å². The largest absolute Gasteiger partial charge is 0.370 e. The second kappa shape index (κ2) is 10.5. The van der Waals surface area contributed by atoms with Crippen molar-refractivity contribution in [1.82, 2.24) is 19.8 Å². The summed E-state index contributed by atoms with van der Waals surface area (Å²) in [5.41, 5.74) is 5.31. The maximum atomic E-state index is 11.1. The lowest BCUT2D eigenvalue weighted by atomic mass is 9.95. The third-order valence-corrected chi connectivity index (χ3v) is 3.96. The molecule has 0 aromatic carbocycles. The fourth-order valence-electron chi connectivity index (χ4n) is 2.92. The average molecular weight is 434 g/mol. The minimum absolute atomic E-state index is 0. The van der Waals surface area contributed by atoms with Crippen LogP contribution >= 0.6 is 24.0 Å². The molecule has 1 aliphatic rings. The van der Waals surface area contributed by atoms with Gasteiger partial charge in [0.1, 0.15) is 0 Å². The number of aromatic nitrogens is 2. The van der Waals surface area contributed by atoms with E-state index in [4.69, 9.17) is 5.73 Å². The molecule has 0 aliphatic carbocycles. The molecule has 0 bridgehead atoms. The van der Waals surface area contributed by atoms with Crippen molar-refractivity contribution in [2.45, 2.75) is 32.2 Å². The topological polar surface area (TPSA) is 88.5 Å². The van der Waals surface area contributed by atoms with Crippen LogP contribution in [0.1, 0.15) is 25.7 Å². The summed E-state index contributed by atoms with van der Waals surface area (Å²) in [5, 5.41) is 3.40. The molecule has 3 N–H and O–H groups in total. The Kier molecular flexibility index (Phi) is 8.97. The second-order valence-electron chi connectivity index (χ2n) is 5.75. The maximum absolute atomic E-state index is 11.1. The molecule has 1 atom stereocenters. The third kappa shape index (κ3) is 6.76. The number of hydrogen-bond donors (Lipinski definition) is 2. The highest BCUT2D eigenvalue weighted by molar-refractivity contribution is 14.0. The lowest BCUT2D eigenvalue weighted by molar-refractivity contribution is -0.119. The number of halogens is 1. The number of rotatable bonds is 6. The molecule has 0 radical (unpaired) electrons. The Morgan fingerprint density at radius 3 is 3.00 bits per heavy atom. The Morgan fingerprint density at radius 1 is 1.52 bits per heavy atom. The predicted octanol–water partition coefficient (Wildman–Crippen LogP) is 1.05. The van der Waals surface area contributed by atoms with Gasteiger partial charge < -0.3 is 20.5 Å². The van der Waals surface area contributed by atoms with Gasteiger partial charge in [0.25, 0.3) is 0 Å². The number of aliphatic imine (C=N–C) groups is 1. The number of carbonyl (C=O) groups is 1. The third-order valence-electron chi connectivity index (χ3n) is 3.96. The summed E-state index contributed by atoms with van der Waals surface area (Å²) in [6.07, 6.45) is 9.20. The van der Waals surface area contributed by atoms with Crippen molar-refractivity contribution in [3.63, 3.8) is 0 Å². The van der Waals surface area contributed by atoms with Crippen molar-refractivity contribution in [3.8, 4) is 0 Å². The zero-order valence-electron chi connectivity index (χ0n) is 13.6. The van der Waals surface area contributed by atoms with E-state index in [9.17, 15) is 4.79 Å². The molecule has 1 amide bonds. The quantitative estimate of drug-likeness (QED) is 0.303. The van der Waals surface area contributed by atoms with Gasteiger partial charge in [-0.1, -0.05) is 0 Å². The van der Waals surface area contributed by atoms with Crippen LogP contribution in [0.3, 0.4) is 0 Å². The van der Waals surface area contributed by atoms with Gasteiger partial charge in [-0.25, -0.2) is 4.98 Å². The molecule has 0 spiro atoms. The Bertz CT molecular complexity index is 490. The summed E-state index contributed by atoms with van der Waals surface area (Å²) in [4.78, 5) is 21.7. The Hall–Kier alpha value is -1.32. The van der Waals surface area contributed by atoms with Crippen LogP contribution in [0.4, 0.5) is 0 Å². The predicted molar refractivity (Wildman–Crippen MR) is 102 cm³/mol. The smallest absolute Gasteiger partial charge is 0.217 e. The first-order valence-electron chi connectivity index (χ1n) is 7.88. The van der Waals surface area contributed by atoms with E-state index in [0.29, 0.717) is 12.3 Å². The number of aryl methyl sites for hydroxylation is 1. The van der Waals surface area contributed by atoms with Gasteiger partial charge in [0.2, 0.25) is 5.91 Å². The fourth-order valence-corrected chi connectivity index (χ4v) is 2.92. The minimum atomic E-state index is -0.213. The number of hydrogen-bond acceptors (Lipinski definition) is 3. The molecule has 2 heterocycles. The minimum Gasteiger partial charge on any atom is -0.370 e. The van der Waals surface area contributed by atoms with Crippen LogP contribution in [0.25, 0.3) is 0 Å². The number of primary amides is 1. The summed E-state index contributed by atoms with van der Waals surface area (Å²) in [6.45, 7) is 3.64. The number of guanidine groups is 1. The number of imidazole rings is 1. The summed E-state index contributed by atoms with van der Waals surface area (Å²) in [5.74, 6) is 1.05. The Morgan fingerprint density at radius 2 is 2.35 bits per heavy atom. The van der Waals surface area contributed by atoms with Crippen molar-refractivity contribution in [3.05, 3.63) is 18.7 Å². The van der Waals surface area contributed by atoms with E-state index < -0.39 is 0 Å². The standard InChI is InChI=1S/C15H26N6O.HI/c1-17-15(19-5-3-7-20-9-6-18-12-20)21-8-2-4-13(11-21)10-14(16)22;/h6,9,12-13H,2-5,7-8,10-11H2,1H3,(H2,16,22)(H,17,19);1H. The highest BCUT2D eigenvalue weighted by atomic mass is 127. The van der Waals surface area contributed by atoms with E-state index in [2.05, 4.69) is 24.8 Å². The van der Waals surface area contributed by atoms with Crippen molar-refractivity contribution < 1.29 is 4.79 Å². The van der Waals surface area contributed by atoms with Gasteiger partial charge in [-0.2, -0.15) is 0 Å². The van der Waals surface area contributed by atoms with Gasteiger partial charge in [0, 0.05) is 52.0 Å². The molecular formula is C15H27IN6O. The average Bonchev–Trinajstić information content (AvgIpc) is 3.00. The fraction of sp³-hybridized carbons (Fsp3) is 0.667. The van der Waals surface area contributed by atoms with Gasteiger partial charge in [0.15, 0.2) is 5.96 Å². The van der Waals surface area contributed by atoms with E-state index in [1.165, 1.54) is 0 Å². The zero-order chi connectivity index (χ0) is 15.8. The highest BCUT2D eigenvalue weighted by Gasteiger charge is 2.23. The molecule has 2 rings (SSSR count). The van der Waals surface area contributed by atoms with Crippen molar-refractivity contribution in [1.29, 1.82) is 0 Å². The van der Waals surface area contributed by atoms with Gasteiger partial charge in [-0.05, 0) is 25.2 Å². The Labute approximate surface area is 154 Å². The number of amides is 1. The lowest BCUT2D eigenvalue weighted by Crippen LogP contribution is -2.47. The highest BCUT2D eigenvalue weighted by Crippen LogP contribution is 2.19. The SMILES string of the molecule is CN=C(NCCCn1ccnc1)N1CCCC(CC(N)=O)C1.I. The van der Waals surface area contributed by atoms with E-state index >= 15 is 0 Å². The number of likely N-dealkylation sites (tertiary alicyclic amines) is 1. The van der Waals surface area contributed by atoms with E-state index in [1.54, 1.807) is 13.2 Å². The summed E-state index contributed by atoms with van der Waals surface area (Å²) in [7, 11) is 1.80. The summed E-state index contributed by atoms with van der Waals surface area (Å²) >= 11 is 0. The van der Waals surface area contributed by atoms with Crippen molar-refractivity contribution in [2.24, 2.45) is 16.6 Å². The molecular weight excluding hydrogens is 407 g/mol. The molecule has 8 heteroatoms. The molecule has 1 saturated heterocycles. The Balaban J connectivity index is 0.00000264. The van der Waals surface area contributed by atoms with E-state index in [-0.39, 0.29) is 29.9 Å². The van der Waals surface area contributed by atoms with Crippen LogP contribution in [-0.4, -0.2) is 53.0 Å². The number of nitrogens with two attached hydrogens (primary N) is 1. The van der Waals surface area contributed by atoms with Gasteiger partial charge in [-0.15, -0.1) is 24.0 Å². The number of piperidine rings is 1. The van der Waals surface area contributed by atoms with Gasteiger partial charge >= 0.3 is 0 Å². The van der Waals surface area contributed by atoms with E-state index in [0.717, 1.165) is 51.4 Å². The lowest BCUT2D eigenvalue weighted by Gasteiger charge is -2.34. The molecule has 1 fully saturated rings. The first kappa shape index (κ1) is 19.7. The molecule has 7 nitrogen and oxygen atoms in total. The van der Waals surface area contributed by atoms with Crippen LogP contribution in [0, 0.1) is 5.92 Å². The van der Waals surface area contributed by atoms with Crippen LogP contribution < -0.4 is 11.1 Å². The molecule has 1 aromatic rings. The van der Waals surface area contributed by atoms with Crippen LogP contribution in [0.15, 0.2) is 23.7 Å². The number of nitrogens with one attached hydrogen (secondary N) is 1. The monoisotopic (exact) mass is 434 g/mol. The molecule has 0 saturated carbocycles.